The van der Waals surface area contributed by atoms with Crippen molar-refractivity contribution in [2.24, 2.45) is 5.73 Å². The van der Waals surface area contributed by atoms with Gasteiger partial charge in [0, 0.05) is 18.7 Å². The van der Waals surface area contributed by atoms with E-state index in [1.165, 1.54) is 7.11 Å². The summed E-state index contributed by atoms with van der Waals surface area (Å²) in [5.41, 5.74) is 7.92. The SMILES string of the molecule is COC(=O)[C@H](CNC(=O)c1cccc(OCCCN)c1)NC(=O)c1c(C)nc(NCCCc2cccc(O)c2)nc1C.Cl. The van der Waals surface area contributed by atoms with Gasteiger partial charge in [0.1, 0.15) is 17.5 Å². The van der Waals surface area contributed by atoms with Crippen LogP contribution in [-0.2, 0) is 16.0 Å². The lowest BCUT2D eigenvalue weighted by Gasteiger charge is -2.19. The van der Waals surface area contributed by atoms with Gasteiger partial charge in [-0.05, 0) is 75.5 Å². The number of nitrogens with two attached hydrogens (primary N) is 1. The van der Waals surface area contributed by atoms with Crippen LogP contribution >= 0.6 is 12.4 Å². The van der Waals surface area contributed by atoms with Gasteiger partial charge in [-0.15, -0.1) is 12.4 Å². The quantitative estimate of drug-likeness (QED) is 0.126. The first kappa shape index (κ1) is 34.8. The minimum atomic E-state index is -1.15. The highest BCUT2D eigenvalue weighted by molar-refractivity contribution is 5.99. The van der Waals surface area contributed by atoms with Crippen LogP contribution < -0.4 is 26.4 Å². The molecule has 6 N–H and O–H groups in total. The normalized spacial score (nSPS) is 11.1. The first-order valence-electron chi connectivity index (χ1n) is 13.7. The van der Waals surface area contributed by atoms with Crippen molar-refractivity contribution in [1.29, 1.82) is 0 Å². The molecule has 0 aliphatic heterocycles. The minimum absolute atomic E-state index is 0. The molecule has 43 heavy (non-hydrogen) atoms. The number of ether oxygens (including phenoxy) is 2. The van der Waals surface area contributed by atoms with Crippen LogP contribution in [0, 0.1) is 13.8 Å². The third-order valence-corrected chi connectivity index (χ3v) is 6.30. The van der Waals surface area contributed by atoms with E-state index in [-0.39, 0.29) is 30.3 Å². The van der Waals surface area contributed by atoms with Gasteiger partial charge in [0.2, 0.25) is 5.95 Å². The maximum absolute atomic E-state index is 13.2. The summed E-state index contributed by atoms with van der Waals surface area (Å²) in [6, 6.07) is 12.6. The molecule has 0 aliphatic carbocycles. The summed E-state index contributed by atoms with van der Waals surface area (Å²) in [4.78, 5) is 47.2. The van der Waals surface area contributed by atoms with Crippen LogP contribution in [0.15, 0.2) is 48.5 Å². The minimum Gasteiger partial charge on any atom is -0.508 e. The van der Waals surface area contributed by atoms with Crippen LogP contribution in [0.2, 0.25) is 0 Å². The van der Waals surface area contributed by atoms with Crippen molar-refractivity contribution in [3.05, 3.63) is 76.6 Å². The Kier molecular flexibility index (Phi) is 14.2. The number of aromatic nitrogens is 2. The first-order chi connectivity index (χ1) is 20.2. The van der Waals surface area contributed by atoms with Crippen LogP contribution in [0.25, 0.3) is 0 Å². The third kappa shape index (κ3) is 10.7. The number of halogens is 1. The molecule has 1 aromatic heterocycles. The zero-order valence-electron chi connectivity index (χ0n) is 24.5. The Balaban J connectivity index is 0.00000645. The molecule has 13 heteroatoms. The van der Waals surface area contributed by atoms with Crippen LogP contribution in [0.5, 0.6) is 11.5 Å². The van der Waals surface area contributed by atoms with Crippen LogP contribution in [0.1, 0.15) is 50.5 Å². The molecule has 2 amide bonds. The van der Waals surface area contributed by atoms with Crippen molar-refractivity contribution in [3.8, 4) is 11.5 Å². The molecule has 12 nitrogen and oxygen atoms in total. The number of hydrogen-bond acceptors (Lipinski definition) is 10. The van der Waals surface area contributed by atoms with Gasteiger partial charge in [0.05, 0.1) is 30.7 Å². The summed E-state index contributed by atoms with van der Waals surface area (Å²) in [6.45, 7) is 4.67. The predicted molar refractivity (Wildman–Crippen MR) is 165 cm³/mol. The molecular formula is C30H39ClN6O6. The van der Waals surface area contributed by atoms with Crippen LogP contribution in [0.4, 0.5) is 5.95 Å². The molecule has 3 aromatic rings. The molecule has 0 saturated heterocycles. The van der Waals surface area contributed by atoms with Crippen molar-refractivity contribution < 1.29 is 29.0 Å². The Bertz CT molecular complexity index is 1370. The number of phenols is 1. The van der Waals surface area contributed by atoms with Gasteiger partial charge in [-0.25, -0.2) is 14.8 Å². The Hall–Kier alpha value is -4.42. The van der Waals surface area contributed by atoms with Crippen LogP contribution in [-0.4, -0.2) is 72.3 Å². The van der Waals surface area contributed by atoms with Crippen molar-refractivity contribution >= 4 is 36.1 Å². The number of aromatic hydroxyl groups is 1. The second kappa shape index (κ2) is 17.5. The van der Waals surface area contributed by atoms with Gasteiger partial charge in [-0.3, -0.25) is 9.59 Å². The highest BCUT2D eigenvalue weighted by Crippen LogP contribution is 2.16. The fraction of sp³-hybridized carbons (Fsp3) is 0.367. The Labute approximate surface area is 257 Å². The van der Waals surface area contributed by atoms with E-state index in [1.54, 1.807) is 56.3 Å². The molecule has 0 fully saturated rings. The van der Waals surface area contributed by atoms with Gasteiger partial charge in [0.25, 0.3) is 11.8 Å². The highest BCUT2D eigenvalue weighted by Gasteiger charge is 2.26. The Morgan fingerprint density at radius 1 is 1.00 bits per heavy atom. The van der Waals surface area contributed by atoms with Gasteiger partial charge in [-0.1, -0.05) is 18.2 Å². The summed E-state index contributed by atoms with van der Waals surface area (Å²) >= 11 is 0. The number of phenolic OH excluding ortho intramolecular Hbond substituents is 1. The maximum Gasteiger partial charge on any atom is 0.330 e. The maximum atomic E-state index is 13.2. The van der Waals surface area contributed by atoms with E-state index >= 15 is 0 Å². The number of rotatable bonds is 15. The average Bonchev–Trinajstić information content (AvgIpc) is 2.97. The van der Waals surface area contributed by atoms with Gasteiger partial charge in [-0.2, -0.15) is 0 Å². The molecule has 3 rings (SSSR count). The number of nitrogens with one attached hydrogen (secondary N) is 3. The number of carbonyl (C=O) groups is 3. The number of benzene rings is 2. The lowest BCUT2D eigenvalue weighted by Crippen LogP contribution is -2.49. The van der Waals surface area contributed by atoms with Crippen molar-refractivity contribution in [2.45, 2.75) is 39.2 Å². The number of hydrogen-bond donors (Lipinski definition) is 5. The van der Waals surface area contributed by atoms with E-state index in [1.807, 2.05) is 6.07 Å². The molecule has 0 aliphatic rings. The molecule has 0 radical (unpaired) electrons. The molecule has 2 aromatic carbocycles. The zero-order chi connectivity index (χ0) is 30.5. The molecule has 1 heterocycles. The highest BCUT2D eigenvalue weighted by atomic mass is 35.5. The number of carbonyl (C=O) groups excluding carboxylic acids is 3. The molecule has 0 spiro atoms. The lowest BCUT2D eigenvalue weighted by atomic mass is 10.1. The topological polar surface area (TPSA) is 178 Å². The van der Waals surface area contributed by atoms with Gasteiger partial charge in [0.15, 0.2) is 0 Å². The summed E-state index contributed by atoms with van der Waals surface area (Å²) in [6.07, 6.45) is 2.23. The molecule has 0 bridgehead atoms. The zero-order valence-corrected chi connectivity index (χ0v) is 25.3. The summed E-state index contributed by atoms with van der Waals surface area (Å²) in [7, 11) is 1.20. The van der Waals surface area contributed by atoms with Gasteiger partial charge < -0.3 is 36.3 Å². The van der Waals surface area contributed by atoms with E-state index in [4.69, 9.17) is 15.2 Å². The summed E-state index contributed by atoms with van der Waals surface area (Å²) < 4.78 is 10.4. The van der Waals surface area contributed by atoms with Crippen molar-refractivity contribution in [3.63, 3.8) is 0 Å². The predicted octanol–water partition coefficient (Wildman–Crippen LogP) is 2.69. The molecule has 232 valence electrons. The number of esters is 1. The number of nitrogens with zero attached hydrogens (tertiary/aromatic N) is 2. The smallest absolute Gasteiger partial charge is 0.330 e. The fourth-order valence-electron chi connectivity index (χ4n) is 4.19. The monoisotopic (exact) mass is 614 g/mol. The van der Waals surface area contributed by atoms with Gasteiger partial charge >= 0.3 is 5.97 Å². The number of methoxy groups -OCH3 is 1. The second-order valence-electron chi connectivity index (χ2n) is 9.57. The van der Waals surface area contributed by atoms with Crippen molar-refractivity contribution in [1.82, 2.24) is 20.6 Å². The average molecular weight is 615 g/mol. The largest absolute Gasteiger partial charge is 0.508 e. The van der Waals surface area contributed by atoms with E-state index in [9.17, 15) is 19.5 Å². The standard InChI is InChI=1S/C30H38N6O6.ClH/c1-19-26(20(2)35-30(34-19)32-14-6-9-21-8-4-11-23(37)16-21)28(39)36-25(29(40)41-3)18-33-27(38)22-10-5-12-24(17-22)42-15-7-13-31;/h4-5,8,10-12,16-17,25,37H,6-7,9,13-15,18,31H2,1-3H3,(H,33,38)(H,36,39)(H,32,34,35);1H/t25-;/m0./s1. The fourth-order valence-corrected chi connectivity index (χ4v) is 4.19. The Morgan fingerprint density at radius 3 is 2.40 bits per heavy atom. The molecule has 0 saturated carbocycles. The molecular weight excluding hydrogens is 576 g/mol. The molecule has 1 atom stereocenters. The van der Waals surface area contributed by atoms with E-state index in [2.05, 4.69) is 25.9 Å². The number of amides is 2. The van der Waals surface area contributed by atoms with E-state index in [0.717, 1.165) is 18.4 Å². The summed E-state index contributed by atoms with van der Waals surface area (Å²) in [5, 5.41) is 18.0. The van der Waals surface area contributed by atoms with Crippen LogP contribution in [0.3, 0.4) is 0 Å². The number of anilines is 1. The van der Waals surface area contributed by atoms with E-state index < -0.39 is 23.8 Å². The summed E-state index contributed by atoms with van der Waals surface area (Å²) in [5.74, 6) is -0.602. The molecule has 0 unspecified atom stereocenters. The second-order valence-corrected chi connectivity index (χ2v) is 9.57. The first-order valence-corrected chi connectivity index (χ1v) is 13.7. The number of aryl methyl sites for hydroxylation is 3. The van der Waals surface area contributed by atoms with Crippen molar-refractivity contribution in [2.75, 3.05) is 38.7 Å². The Morgan fingerprint density at radius 2 is 1.72 bits per heavy atom. The lowest BCUT2D eigenvalue weighted by molar-refractivity contribution is -0.142. The van der Waals surface area contributed by atoms with E-state index in [0.29, 0.717) is 54.8 Å². The third-order valence-electron chi connectivity index (χ3n) is 6.30.